The van der Waals surface area contributed by atoms with Crippen LogP contribution in [-0.2, 0) is 13.1 Å². The molecule has 1 aromatic heterocycles. The van der Waals surface area contributed by atoms with Gasteiger partial charge in [0.2, 0.25) is 5.91 Å². The predicted octanol–water partition coefficient (Wildman–Crippen LogP) is 1.43. The Labute approximate surface area is 129 Å². The maximum absolute atomic E-state index is 11.3. The Kier molecular flexibility index (Phi) is 4.48. The first-order valence-electron chi connectivity index (χ1n) is 7.67. The number of hydrogen-bond donors (Lipinski definition) is 1. The molecule has 1 atom stereocenters. The molecule has 2 heterocycles. The number of carbonyl (C=O) groups excluding carboxylic acids is 1. The van der Waals surface area contributed by atoms with Crippen molar-refractivity contribution in [3.63, 3.8) is 0 Å². The summed E-state index contributed by atoms with van der Waals surface area (Å²) in [6, 6.07) is 8.05. The van der Waals surface area contributed by atoms with Gasteiger partial charge in [-0.2, -0.15) is 5.10 Å². The van der Waals surface area contributed by atoms with Crippen LogP contribution in [0.25, 0.3) is 0 Å². The largest absolute Gasteiger partial charge is 0.366 e. The van der Waals surface area contributed by atoms with Crippen molar-refractivity contribution in [1.29, 1.82) is 0 Å². The summed E-state index contributed by atoms with van der Waals surface area (Å²) < 4.78 is 1.89. The van der Waals surface area contributed by atoms with Crippen LogP contribution >= 0.6 is 0 Å². The normalized spacial score (nSPS) is 19.2. The van der Waals surface area contributed by atoms with Gasteiger partial charge in [0, 0.05) is 18.2 Å². The fourth-order valence-electron chi connectivity index (χ4n) is 3.08. The van der Waals surface area contributed by atoms with E-state index in [0.29, 0.717) is 11.6 Å². The lowest BCUT2D eigenvalue weighted by Crippen LogP contribution is -2.41. The highest BCUT2D eigenvalue weighted by molar-refractivity contribution is 5.92. The Morgan fingerprint density at radius 3 is 3.05 bits per heavy atom. The number of benzene rings is 1. The molecule has 0 bridgehead atoms. The van der Waals surface area contributed by atoms with E-state index in [1.54, 1.807) is 18.7 Å². The molecular weight excluding hydrogens is 278 g/mol. The summed E-state index contributed by atoms with van der Waals surface area (Å²) in [5.41, 5.74) is 7.06. The van der Waals surface area contributed by atoms with Gasteiger partial charge < -0.3 is 5.73 Å². The van der Waals surface area contributed by atoms with Crippen LogP contribution in [-0.4, -0.2) is 38.2 Å². The van der Waals surface area contributed by atoms with Crippen molar-refractivity contribution in [2.24, 2.45) is 5.73 Å². The lowest BCUT2D eigenvalue weighted by atomic mass is 10.0. The topological polar surface area (TPSA) is 77.0 Å². The minimum Gasteiger partial charge on any atom is -0.366 e. The Morgan fingerprint density at radius 1 is 1.36 bits per heavy atom. The third-order valence-electron chi connectivity index (χ3n) is 4.21. The molecule has 0 spiro atoms. The minimum atomic E-state index is -0.375. The first kappa shape index (κ1) is 14.7. The molecule has 116 valence electrons. The highest BCUT2D eigenvalue weighted by Gasteiger charge is 2.23. The Bertz CT molecular complexity index is 625. The number of hydrogen-bond acceptors (Lipinski definition) is 4. The lowest BCUT2D eigenvalue weighted by Gasteiger charge is -2.35. The monoisotopic (exact) mass is 299 g/mol. The van der Waals surface area contributed by atoms with Crippen LogP contribution in [0.1, 0.15) is 35.2 Å². The standard InChI is InChI=1S/C16H21N5O/c17-16(22)14-5-3-4-13(8-14)9-20-7-2-1-6-15(20)10-21-12-18-11-19-21/h3-5,8,11-12,15H,1-2,6-7,9-10H2,(H2,17,22). The van der Waals surface area contributed by atoms with Gasteiger partial charge in [0.1, 0.15) is 12.7 Å². The summed E-state index contributed by atoms with van der Waals surface area (Å²) in [4.78, 5) is 17.8. The number of carbonyl (C=O) groups is 1. The van der Waals surface area contributed by atoms with Gasteiger partial charge in [0.25, 0.3) is 0 Å². The smallest absolute Gasteiger partial charge is 0.248 e. The zero-order valence-electron chi connectivity index (χ0n) is 12.6. The minimum absolute atomic E-state index is 0.375. The van der Waals surface area contributed by atoms with E-state index in [1.807, 2.05) is 22.9 Å². The predicted molar refractivity (Wildman–Crippen MR) is 83.0 cm³/mol. The molecule has 1 aliphatic heterocycles. The summed E-state index contributed by atoms with van der Waals surface area (Å²) in [5, 5.41) is 4.21. The zero-order valence-corrected chi connectivity index (χ0v) is 12.6. The number of likely N-dealkylation sites (tertiary alicyclic amines) is 1. The van der Waals surface area contributed by atoms with Crippen molar-refractivity contribution in [1.82, 2.24) is 19.7 Å². The van der Waals surface area contributed by atoms with Crippen LogP contribution in [0.15, 0.2) is 36.9 Å². The summed E-state index contributed by atoms with van der Waals surface area (Å²) in [6.45, 7) is 2.76. The maximum atomic E-state index is 11.3. The average Bonchev–Trinajstić information content (AvgIpc) is 3.02. The third-order valence-corrected chi connectivity index (χ3v) is 4.21. The molecule has 2 N–H and O–H groups in total. The summed E-state index contributed by atoms with van der Waals surface area (Å²) >= 11 is 0. The fraction of sp³-hybridized carbons (Fsp3) is 0.438. The molecule has 1 amide bonds. The van der Waals surface area contributed by atoms with Crippen LogP contribution in [0, 0.1) is 0 Å². The van der Waals surface area contributed by atoms with Crippen molar-refractivity contribution in [2.75, 3.05) is 6.54 Å². The first-order valence-corrected chi connectivity index (χ1v) is 7.67. The maximum Gasteiger partial charge on any atom is 0.248 e. The zero-order chi connectivity index (χ0) is 15.4. The number of primary amides is 1. The van der Waals surface area contributed by atoms with Crippen LogP contribution in [0.2, 0.25) is 0 Å². The number of nitrogens with zero attached hydrogens (tertiary/aromatic N) is 4. The van der Waals surface area contributed by atoms with Gasteiger partial charge in [-0.25, -0.2) is 4.98 Å². The fourth-order valence-corrected chi connectivity index (χ4v) is 3.08. The van der Waals surface area contributed by atoms with E-state index >= 15 is 0 Å². The van der Waals surface area contributed by atoms with Gasteiger partial charge in [-0.1, -0.05) is 18.6 Å². The number of rotatable bonds is 5. The molecule has 3 rings (SSSR count). The molecule has 1 unspecified atom stereocenters. The molecule has 1 aromatic carbocycles. The molecule has 1 saturated heterocycles. The molecule has 1 aliphatic rings. The van der Waals surface area contributed by atoms with Crippen LogP contribution in [0.5, 0.6) is 0 Å². The molecule has 0 saturated carbocycles. The van der Waals surface area contributed by atoms with Crippen LogP contribution in [0.4, 0.5) is 0 Å². The third kappa shape index (κ3) is 3.51. The van der Waals surface area contributed by atoms with E-state index in [1.165, 1.54) is 12.8 Å². The average molecular weight is 299 g/mol. The van der Waals surface area contributed by atoms with Gasteiger partial charge in [-0.3, -0.25) is 14.4 Å². The highest BCUT2D eigenvalue weighted by Crippen LogP contribution is 2.21. The van der Waals surface area contributed by atoms with Crippen LogP contribution in [0.3, 0.4) is 0 Å². The quantitative estimate of drug-likeness (QED) is 0.906. The Morgan fingerprint density at radius 2 is 2.27 bits per heavy atom. The van der Waals surface area contributed by atoms with Gasteiger partial charge in [-0.15, -0.1) is 0 Å². The number of aromatic nitrogens is 3. The number of nitrogens with two attached hydrogens (primary N) is 1. The van der Waals surface area contributed by atoms with Crippen molar-refractivity contribution in [3.8, 4) is 0 Å². The summed E-state index contributed by atoms with van der Waals surface area (Å²) in [6.07, 6.45) is 6.96. The summed E-state index contributed by atoms with van der Waals surface area (Å²) in [7, 11) is 0. The van der Waals surface area contributed by atoms with E-state index in [-0.39, 0.29) is 5.91 Å². The SMILES string of the molecule is NC(=O)c1cccc(CN2CCCCC2Cn2cncn2)c1. The van der Waals surface area contributed by atoms with Gasteiger partial charge in [0.05, 0.1) is 6.54 Å². The molecule has 6 nitrogen and oxygen atoms in total. The van der Waals surface area contributed by atoms with E-state index in [4.69, 9.17) is 5.73 Å². The second kappa shape index (κ2) is 6.70. The van der Waals surface area contributed by atoms with E-state index in [0.717, 1.165) is 31.6 Å². The Hall–Kier alpha value is -2.21. The van der Waals surface area contributed by atoms with Gasteiger partial charge in [0.15, 0.2) is 0 Å². The molecule has 2 aromatic rings. The molecule has 6 heteroatoms. The van der Waals surface area contributed by atoms with E-state index in [9.17, 15) is 4.79 Å². The van der Waals surface area contributed by atoms with Crippen molar-refractivity contribution < 1.29 is 4.79 Å². The first-order chi connectivity index (χ1) is 10.7. The van der Waals surface area contributed by atoms with Crippen LogP contribution < -0.4 is 5.73 Å². The van der Waals surface area contributed by atoms with E-state index < -0.39 is 0 Å². The lowest BCUT2D eigenvalue weighted by molar-refractivity contribution is 0.0999. The van der Waals surface area contributed by atoms with E-state index in [2.05, 4.69) is 15.0 Å². The molecular formula is C16H21N5O. The van der Waals surface area contributed by atoms with Crippen molar-refractivity contribution >= 4 is 5.91 Å². The molecule has 1 fully saturated rings. The van der Waals surface area contributed by atoms with Gasteiger partial charge in [-0.05, 0) is 37.1 Å². The molecule has 22 heavy (non-hydrogen) atoms. The summed E-state index contributed by atoms with van der Waals surface area (Å²) in [5.74, 6) is -0.375. The Balaban J connectivity index is 1.71. The van der Waals surface area contributed by atoms with Crippen molar-refractivity contribution in [2.45, 2.75) is 38.4 Å². The number of piperidine rings is 1. The molecule has 0 aliphatic carbocycles. The van der Waals surface area contributed by atoms with Gasteiger partial charge >= 0.3 is 0 Å². The second-order valence-electron chi connectivity index (χ2n) is 5.80. The van der Waals surface area contributed by atoms with Crippen molar-refractivity contribution in [3.05, 3.63) is 48.0 Å². The highest BCUT2D eigenvalue weighted by atomic mass is 16.1. The molecule has 0 radical (unpaired) electrons. The number of amides is 1. The second-order valence-corrected chi connectivity index (χ2v) is 5.80.